The normalized spacial score (nSPS) is 25.2. The number of amides is 1. The Kier molecular flexibility index (Phi) is 6.32. The number of likely N-dealkylation sites (tertiary alicyclic amines) is 1. The molecule has 1 aliphatic carbocycles. The van der Waals surface area contributed by atoms with Crippen molar-refractivity contribution < 1.29 is 27.4 Å². The predicted molar refractivity (Wildman–Crippen MR) is 135 cm³/mol. The largest absolute Gasteiger partial charge is 0.496 e. The highest BCUT2D eigenvalue weighted by Gasteiger charge is 2.49. The maximum Gasteiger partial charge on any atom is 0.417 e. The molecule has 38 heavy (non-hydrogen) atoms. The predicted octanol–water partition coefficient (Wildman–Crippen LogP) is 5.01. The Balaban J connectivity index is 1.19. The minimum Gasteiger partial charge on any atom is -0.496 e. The summed E-state index contributed by atoms with van der Waals surface area (Å²) in [4.78, 5) is 22.4. The van der Waals surface area contributed by atoms with Gasteiger partial charge in [-0.05, 0) is 62.4 Å². The number of nitrogens with zero attached hydrogens (tertiary/aromatic N) is 3. The lowest BCUT2D eigenvalue weighted by atomic mass is 9.79. The number of ether oxygens (including phenoxy) is 2. The van der Waals surface area contributed by atoms with Gasteiger partial charge in [0.1, 0.15) is 17.6 Å². The van der Waals surface area contributed by atoms with Crippen molar-refractivity contribution in [2.45, 2.75) is 70.8 Å². The molecule has 204 valence electrons. The number of carbonyl (C=O) groups excluding carboxylic acids is 1. The van der Waals surface area contributed by atoms with Gasteiger partial charge < -0.3 is 14.4 Å². The maximum atomic E-state index is 14.1. The SMILES string of the molecule is COc1cc2c(cc1CN1CCC(CC3CC3)(C(=O)N3CCc4cc(C(F)(F)F)cnc4C3)C1)OC(C)C2. The summed E-state index contributed by atoms with van der Waals surface area (Å²) in [5.41, 5.74) is 2.19. The number of fused-ring (bicyclic) bond motifs is 2. The molecule has 1 amide bonds. The maximum absolute atomic E-state index is 14.1. The van der Waals surface area contributed by atoms with Crippen molar-refractivity contribution in [2.75, 3.05) is 26.7 Å². The van der Waals surface area contributed by atoms with Crippen molar-refractivity contribution in [2.24, 2.45) is 11.3 Å². The molecule has 0 spiro atoms. The second-order valence-electron chi connectivity index (χ2n) is 11.6. The molecule has 1 aromatic heterocycles. The fourth-order valence-corrected chi connectivity index (χ4v) is 6.51. The molecule has 3 aliphatic heterocycles. The third kappa shape index (κ3) is 4.85. The third-order valence-electron chi connectivity index (χ3n) is 8.62. The molecule has 0 radical (unpaired) electrons. The van der Waals surface area contributed by atoms with E-state index in [0.29, 0.717) is 43.2 Å². The lowest BCUT2D eigenvalue weighted by Crippen LogP contribution is -2.48. The van der Waals surface area contributed by atoms with Gasteiger partial charge >= 0.3 is 6.18 Å². The van der Waals surface area contributed by atoms with Crippen LogP contribution in [0.2, 0.25) is 0 Å². The van der Waals surface area contributed by atoms with Gasteiger partial charge in [-0.15, -0.1) is 0 Å². The number of alkyl halides is 3. The van der Waals surface area contributed by atoms with Crippen molar-refractivity contribution in [1.29, 1.82) is 0 Å². The topological polar surface area (TPSA) is 54.9 Å². The first-order chi connectivity index (χ1) is 18.1. The van der Waals surface area contributed by atoms with Crippen molar-refractivity contribution in [3.8, 4) is 11.5 Å². The van der Waals surface area contributed by atoms with E-state index in [2.05, 4.69) is 28.9 Å². The van der Waals surface area contributed by atoms with E-state index in [1.807, 2.05) is 4.90 Å². The molecule has 2 atom stereocenters. The minimum atomic E-state index is -4.41. The lowest BCUT2D eigenvalue weighted by Gasteiger charge is -2.37. The van der Waals surface area contributed by atoms with Crippen LogP contribution in [0.5, 0.6) is 11.5 Å². The molecule has 4 aliphatic rings. The smallest absolute Gasteiger partial charge is 0.417 e. The molecule has 2 aromatic rings. The zero-order chi connectivity index (χ0) is 26.7. The molecule has 2 unspecified atom stereocenters. The molecule has 1 saturated carbocycles. The minimum absolute atomic E-state index is 0.123. The Morgan fingerprint density at radius 2 is 2.03 bits per heavy atom. The molecule has 2 fully saturated rings. The summed E-state index contributed by atoms with van der Waals surface area (Å²) >= 11 is 0. The van der Waals surface area contributed by atoms with Crippen LogP contribution in [0.15, 0.2) is 24.4 Å². The average Bonchev–Trinajstić information content (AvgIpc) is 3.48. The van der Waals surface area contributed by atoms with Crippen LogP contribution in [-0.4, -0.2) is 53.5 Å². The number of halogens is 3. The number of carbonyl (C=O) groups is 1. The van der Waals surface area contributed by atoms with E-state index in [1.165, 1.54) is 11.6 Å². The van der Waals surface area contributed by atoms with Crippen molar-refractivity contribution >= 4 is 5.91 Å². The number of hydrogen-bond donors (Lipinski definition) is 0. The molecular weight excluding hydrogens is 495 g/mol. The fourth-order valence-electron chi connectivity index (χ4n) is 6.51. The van der Waals surface area contributed by atoms with Gasteiger partial charge in [0.2, 0.25) is 5.91 Å². The summed E-state index contributed by atoms with van der Waals surface area (Å²) in [6.07, 6.45) is 1.88. The van der Waals surface area contributed by atoms with Crippen LogP contribution in [0.1, 0.15) is 60.6 Å². The zero-order valence-corrected chi connectivity index (χ0v) is 21.9. The first-order valence-corrected chi connectivity index (χ1v) is 13.6. The highest BCUT2D eigenvalue weighted by Crippen LogP contribution is 2.47. The summed E-state index contributed by atoms with van der Waals surface area (Å²) in [7, 11) is 1.69. The highest BCUT2D eigenvalue weighted by atomic mass is 19.4. The number of benzene rings is 1. The van der Waals surface area contributed by atoms with Crippen LogP contribution in [-0.2, 0) is 36.9 Å². The highest BCUT2D eigenvalue weighted by molar-refractivity contribution is 5.83. The molecular formula is C29H34F3N3O3. The van der Waals surface area contributed by atoms with E-state index < -0.39 is 17.2 Å². The van der Waals surface area contributed by atoms with E-state index in [4.69, 9.17) is 9.47 Å². The molecule has 6 nitrogen and oxygen atoms in total. The second-order valence-corrected chi connectivity index (χ2v) is 11.6. The molecule has 4 heterocycles. The molecule has 6 rings (SSSR count). The van der Waals surface area contributed by atoms with Crippen LogP contribution in [0, 0.1) is 11.3 Å². The Bertz CT molecular complexity index is 1250. The summed E-state index contributed by atoms with van der Waals surface area (Å²) in [6.45, 7) is 4.92. The van der Waals surface area contributed by atoms with Crippen LogP contribution in [0.3, 0.4) is 0 Å². The quantitative estimate of drug-likeness (QED) is 0.527. The van der Waals surface area contributed by atoms with E-state index in [9.17, 15) is 18.0 Å². The van der Waals surface area contributed by atoms with E-state index >= 15 is 0 Å². The van der Waals surface area contributed by atoms with Gasteiger partial charge in [0.15, 0.2) is 0 Å². The van der Waals surface area contributed by atoms with E-state index in [0.717, 1.165) is 61.9 Å². The van der Waals surface area contributed by atoms with Gasteiger partial charge in [-0.1, -0.05) is 12.8 Å². The van der Waals surface area contributed by atoms with Gasteiger partial charge in [-0.25, -0.2) is 0 Å². The van der Waals surface area contributed by atoms with E-state index in [1.54, 1.807) is 7.11 Å². The Hall–Kier alpha value is -2.81. The third-order valence-corrected chi connectivity index (χ3v) is 8.62. The molecule has 9 heteroatoms. The van der Waals surface area contributed by atoms with Gasteiger partial charge in [-0.2, -0.15) is 13.2 Å². The molecule has 0 N–H and O–H groups in total. The summed E-state index contributed by atoms with van der Waals surface area (Å²) in [6, 6.07) is 5.36. The summed E-state index contributed by atoms with van der Waals surface area (Å²) in [5.74, 6) is 2.47. The van der Waals surface area contributed by atoms with Crippen molar-refractivity contribution in [3.63, 3.8) is 0 Å². The molecule has 1 aromatic carbocycles. The van der Waals surface area contributed by atoms with Crippen molar-refractivity contribution in [1.82, 2.24) is 14.8 Å². The van der Waals surface area contributed by atoms with Crippen LogP contribution in [0.25, 0.3) is 0 Å². The Morgan fingerprint density at radius 3 is 2.76 bits per heavy atom. The first-order valence-electron chi connectivity index (χ1n) is 13.6. The number of pyridine rings is 1. The average molecular weight is 530 g/mol. The van der Waals surface area contributed by atoms with Crippen LogP contribution >= 0.6 is 0 Å². The van der Waals surface area contributed by atoms with E-state index in [-0.39, 0.29) is 18.6 Å². The van der Waals surface area contributed by atoms with Crippen LogP contribution in [0.4, 0.5) is 13.2 Å². The number of methoxy groups -OCH3 is 1. The number of aromatic nitrogens is 1. The standard InChI is InChI=1S/C29H34F3N3O3/c1-18-9-21-11-25(37-2)22(12-26(21)38-18)15-34-8-6-28(17-34,13-19-3-4-19)27(36)35-7-5-20-10-23(29(30,31)32)14-33-24(20)16-35/h10-12,14,18-19H,3-9,13,15-17H2,1-2H3. The number of rotatable bonds is 6. The summed E-state index contributed by atoms with van der Waals surface area (Å²) < 4.78 is 51.1. The lowest BCUT2D eigenvalue weighted by molar-refractivity contribution is -0.143. The molecule has 0 bridgehead atoms. The van der Waals surface area contributed by atoms with Crippen LogP contribution < -0.4 is 9.47 Å². The zero-order valence-electron chi connectivity index (χ0n) is 21.9. The van der Waals surface area contributed by atoms with Gasteiger partial charge in [-0.3, -0.25) is 14.7 Å². The summed E-state index contributed by atoms with van der Waals surface area (Å²) in [5, 5.41) is 0. The Labute approximate surface area is 221 Å². The molecule has 1 saturated heterocycles. The second kappa shape index (κ2) is 9.43. The van der Waals surface area contributed by atoms with Gasteiger partial charge in [0, 0.05) is 43.4 Å². The monoisotopic (exact) mass is 529 g/mol. The van der Waals surface area contributed by atoms with Gasteiger partial charge in [0.25, 0.3) is 0 Å². The fraction of sp³-hybridized carbons (Fsp3) is 0.586. The van der Waals surface area contributed by atoms with Crippen molar-refractivity contribution in [3.05, 3.63) is 52.3 Å². The Morgan fingerprint density at radius 1 is 1.21 bits per heavy atom. The number of hydrogen-bond acceptors (Lipinski definition) is 5. The first kappa shape index (κ1) is 25.5. The van der Waals surface area contributed by atoms with Gasteiger partial charge in [0.05, 0.1) is 30.3 Å².